The van der Waals surface area contributed by atoms with Crippen LogP contribution >= 0.6 is 11.3 Å². The molecule has 0 atom stereocenters. The molecule has 0 aliphatic rings. The van der Waals surface area contributed by atoms with Crippen molar-refractivity contribution < 1.29 is 18.8 Å². The van der Waals surface area contributed by atoms with Crippen molar-refractivity contribution in [2.75, 3.05) is 6.54 Å². The number of nitrogens with one attached hydrogen (secondary N) is 2. The minimum atomic E-state index is -0.324. The molecule has 2 amide bonds. The molecule has 0 unspecified atom stereocenters. The SMILES string of the molecule is O=C(CCC(=O)c1cccs1)NCCC(=O)NCc1ccc(F)cc1. The first kappa shape index (κ1) is 18.8. The molecule has 0 spiro atoms. The van der Waals surface area contributed by atoms with Gasteiger partial charge in [-0.3, -0.25) is 14.4 Å². The van der Waals surface area contributed by atoms with Gasteiger partial charge < -0.3 is 10.6 Å². The quantitative estimate of drug-likeness (QED) is 0.674. The van der Waals surface area contributed by atoms with Crippen molar-refractivity contribution in [3.63, 3.8) is 0 Å². The first-order valence-corrected chi connectivity index (χ1v) is 8.77. The third-order valence-corrected chi connectivity index (χ3v) is 4.36. The van der Waals surface area contributed by atoms with Gasteiger partial charge in [0, 0.05) is 32.4 Å². The molecular weight excluding hydrogens is 343 g/mol. The van der Waals surface area contributed by atoms with Crippen LogP contribution in [0.5, 0.6) is 0 Å². The van der Waals surface area contributed by atoms with Crippen molar-refractivity contribution in [3.8, 4) is 0 Å². The van der Waals surface area contributed by atoms with E-state index in [1.54, 1.807) is 24.3 Å². The van der Waals surface area contributed by atoms with Crippen LogP contribution in [0.3, 0.4) is 0 Å². The second-order valence-electron chi connectivity index (χ2n) is 5.40. The molecule has 1 aromatic carbocycles. The standard InChI is InChI=1S/C18H19FN2O3S/c19-14-5-3-13(4-6-14)12-21-18(24)9-10-20-17(23)8-7-15(22)16-2-1-11-25-16/h1-6,11H,7-10,12H2,(H,20,23)(H,21,24). The second kappa shape index (κ2) is 9.68. The van der Waals surface area contributed by atoms with Crippen LogP contribution in [-0.4, -0.2) is 24.1 Å². The van der Waals surface area contributed by atoms with Gasteiger partial charge in [-0.25, -0.2) is 4.39 Å². The van der Waals surface area contributed by atoms with Crippen LogP contribution in [0.1, 0.15) is 34.5 Å². The molecule has 1 heterocycles. The van der Waals surface area contributed by atoms with E-state index in [0.717, 1.165) is 5.56 Å². The minimum absolute atomic E-state index is 0.0535. The number of ketones is 1. The van der Waals surface area contributed by atoms with Gasteiger partial charge in [0.1, 0.15) is 5.82 Å². The molecule has 0 radical (unpaired) electrons. The minimum Gasteiger partial charge on any atom is -0.356 e. The Morgan fingerprint density at radius 2 is 1.64 bits per heavy atom. The summed E-state index contributed by atoms with van der Waals surface area (Å²) in [7, 11) is 0. The second-order valence-corrected chi connectivity index (χ2v) is 6.35. The lowest BCUT2D eigenvalue weighted by Crippen LogP contribution is -2.30. The summed E-state index contributed by atoms with van der Waals surface area (Å²) in [6.07, 6.45) is 0.406. The Balaban J connectivity index is 1.58. The first-order chi connectivity index (χ1) is 12.0. The van der Waals surface area contributed by atoms with E-state index in [0.29, 0.717) is 11.4 Å². The van der Waals surface area contributed by atoms with Crippen LogP contribution in [0.15, 0.2) is 41.8 Å². The van der Waals surface area contributed by atoms with Crippen molar-refractivity contribution in [3.05, 3.63) is 58.0 Å². The van der Waals surface area contributed by atoms with Crippen LogP contribution < -0.4 is 10.6 Å². The fraction of sp³-hybridized carbons (Fsp3) is 0.278. The largest absolute Gasteiger partial charge is 0.356 e. The molecule has 2 N–H and O–H groups in total. The molecule has 0 fully saturated rings. The number of Topliss-reactive ketones (excluding diaryl/α,β-unsaturated/α-hetero) is 1. The summed E-state index contributed by atoms with van der Waals surface area (Å²) in [4.78, 5) is 35.8. The highest BCUT2D eigenvalue weighted by Gasteiger charge is 2.10. The number of halogens is 1. The van der Waals surface area contributed by atoms with Crippen LogP contribution in [0, 0.1) is 5.82 Å². The van der Waals surface area contributed by atoms with Gasteiger partial charge in [-0.1, -0.05) is 18.2 Å². The van der Waals surface area contributed by atoms with Gasteiger partial charge >= 0.3 is 0 Å². The molecule has 132 valence electrons. The lowest BCUT2D eigenvalue weighted by atomic mass is 10.2. The number of carbonyl (C=O) groups is 3. The molecule has 2 rings (SSSR count). The van der Waals surface area contributed by atoms with Gasteiger partial charge in [0.15, 0.2) is 5.78 Å². The number of carbonyl (C=O) groups excluding carboxylic acids is 3. The van der Waals surface area contributed by atoms with E-state index in [-0.39, 0.29) is 49.2 Å². The molecule has 1 aromatic heterocycles. The van der Waals surface area contributed by atoms with E-state index >= 15 is 0 Å². The Bertz CT molecular complexity index is 714. The normalized spacial score (nSPS) is 10.3. The molecule has 2 aromatic rings. The molecule has 0 saturated heterocycles. The van der Waals surface area contributed by atoms with Crippen molar-refractivity contribution in [1.29, 1.82) is 0 Å². The highest BCUT2D eigenvalue weighted by atomic mass is 32.1. The molecular formula is C18H19FN2O3S. The number of thiophene rings is 1. The van der Waals surface area contributed by atoms with Crippen molar-refractivity contribution >= 4 is 28.9 Å². The summed E-state index contributed by atoms with van der Waals surface area (Å²) in [6.45, 7) is 0.518. The van der Waals surface area contributed by atoms with Crippen molar-refractivity contribution in [2.45, 2.75) is 25.8 Å². The van der Waals surface area contributed by atoms with E-state index in [1.807, 2.05) is 5.38 Å². The molecule has 0 bridgehead atoms. The fourth-order valence-corrected chi connectivity index (χ4v) is 2.78. The van der Waals surface area contributed by atoms with Gasteiger partial charge in [-0.05, 0) is 29.1 Å². The Morgan fingerprint density at radius 3 is 2.32 bits per heavy atom. The van der Waals surface area contributed by atoms with E-state index in [4.69, 9.17) is 0 Å². The highest BCUT2D eigenvalue weighted by Crippen LogP contribution is 2.12. The summed E-state index contributed by atoms with van der Waals surface area (Å²) in [5.74, 6) is -0.840. The maximum atomic E-state index is 12.8. The summed E-state index contributed by atoms with van der Waals surface area (Å²) in [6, 6.07) is 9.39. The zero-order valence-corrected chi connectivity index (χ0v) is 14.4. The summed E-state index contributed by atoms with van der Waals surface area (Å²) < 4.78 is 12.8. The Labute approximate surface area is 149 Å². The van der Waals surface area contributed by atoms with Crippen molar-refractivity contribution in [2.24, 2.45) is 0 Å². The smallest absolute Gasteiger partial charge is 0.222 e. The summed E-state index contributed by atoms with van der Waals surface area (Å²) in [5, 5.41) is 7.13. The molecule has 0 aliphatic heterocycles. The van der Waals surface area contributed by atoms with E-state index < -0.39 is 0 Å². The number of hydrogen-bond acceptors (Lipinski definition) is 4. The summed E-state index contributed by atoms with van der Waals surface area (Å²) >= 11 is 1.35. The van der Waals surface area contributed by atoms with Crippen molar-refractivity contribution in [1.82, 2.24) is 10.6 Å². The predicted molar refractivity (Wildman–Crippen MR) is 93.8 cm³/mol. The van der Waals surface area contributed by atoms with Gasteiger partial charge in [0.25, 0.3) is 0 Å². The van der Waals surface area contributed by atoms with Gasteiger partial charge in [0.05, 0.1) is 4.88 Å². The average molecular weight is 362 g/mol. The predicted octanol–water partition coefficient (Wildman–Crippen LogP) is 2.67. The van der Waals surface area contributed by atoms with Gasteiger partial charge in [0.2, 0.25) is 11.8 Å². The zero-order valence-electron chi connectivity index (χ0n) is 13.6. The lowest BCUT2D eigenvalue weighted by Gasteiger charge is -2.07. The molecule has 7 heteroatoms. The highest BCUT2D eigenvalue weighted by molar-refractivity contribution is 7.12. The number of amides is 2. The molecule has 0 aliphatic carbocycles. The number of hydrogen-bond donors (Lipinski definition) is 2. The van der Waals surface area contributed by atoms with Gasteiger partial charge in [-0.15, -0.1) is 11.3 Å². The van der Waals surface area contributed by atoms with E-state index in [1.165, 1.54) is 23.5 Å². The molecule has 5 nitrogen and oxygen atoms in total. The number of rotatable bonds is 9. The monoisotopic (exact) mass is 362 g/mol. The summed E-state index contributed by atoms with van der Waals surface area (Å²) in [5.41, 5.74) is 0.797. The van der Waals surface area contributed by atoms with Crippen LogP contribution in [-0.2, 0) is 16.1 Å². The van der Waals surface area contributed by atoms with Gasteiger partial charge in [-0.2, -0.15) is 0 Å². The fourth-order valence-electron chi connectivity index (χ4n) is 2.08. The van der Waals surface area contributed by atoms with E-state index in [2.05, 4.69) is 10.6 Å². The zero-order chi connectivity index (χ0) is 18.1. The Kier molecular flexibility index (Phi) is 7.28. The van der Waals surface area contributed by atoms with Crippen LogP contribution in [0.4, 0.5) is 4.39 Å². The van der Waals surface area contributed by atoms with Crippen LogP contribution in [0.25, 0.3) is 0 Å². The Hall–Kier alpha value is -2.54. The maximum Gasteiger partial charge on any atom is 0.222 e. The first-order valence-electron chi connectivity index (χ1n) is 7.89. The topological polar surface area (TPSA) is 75.3 Å². The average Bonchev–Trinajstić information content (AvgIpc) is 3.14. The molecule has 0 saturated carbocycles. The lowest BCUT2D eigenvalue weighted by molar-refractivity contribution is -0.122. The third-order valence-electron chi connectivity index (χ3n) is 3.45. The molecule has 25 heavy (non-hydrogen) atoms. The van der Waals surface area contributed by atoms with Crippen LogP contribution in [0.2, 0.25) is 0 Å². The maximum absolute atomic E-state index is 12.8. The number of benzene rings is 1. The van der Waals surface area contributed by atoms with E-state index in [9.17, 15) is 18.8 Å². The third kappa shape index (κ3) is 6.84. The Morgan fingerprint density at radius 1 is 0.920 bits per heavy atom.